The number of halogens is 1. The van der Waals surface area contributed by atoms with Gasteiger partial charge in [0.2, 0.25) is 0 Å². The van der Waals surface area contributed by atoms with E-state index in [2.05, 4.69) is 36.0 Å². The second kappa shape index (κ2) is 9.26. The summed E-state index contributed by atoms with van der Waals surface area (Å²) < 4.78 is 29.1. The van der Waals surface area contributed by atoms with Gasteiger partial charge in [0.1, 0.15) is 0 Å². The zero-order valence-corrected chi connectivity index (χ0v) is 21.4. The van der Waals surface area contributed by atoms with E-state index in [1.165, 1.54) is 12.1 Å². The van der Waals surface area contributed by atoms with Crippen molar-refractivity contribution in [2.45, 2.75) is 43.0 Å². The summed E-state index contributed by atoms with van der Waals surface area (Å²) >= 11 is 6.47. The van der Waals surface area contributed by atoms with Crippen molar-refractivity contribution >= 4 is 38.7 Å². The van der Waals surface area contributed by atoms with Crippen molar-refractivity contribution in [3.63, 3.8) is 0 Å². The number of nitro groups is 1. The molecule has 1 heterocycles. The fourth-order valence-electron chi connectivity index (χ4n) is 5.08. The Balaban J connectivity index is 1.47. The lowest BCUT2D eigenvalue weighted by Gasteiger charge is -2.38. The molecule has 0 radical (unpaired) electrons. The fourth-order valence-corrected chi connectivity index (χ4v) is 6.41. The van der Waals surface area contributed by atoms with Crippen LogP contribution in [0.5, 0.6) is 0 Å². The highest BCUT2D eigenvalue weighted by atomic mass is 35.5. The smallest absolute Gasteiger partial charge is 0.269 e. The lowest BCUT2D eigenvalue weighted by atomic mass is 9.77. The van der Waals surface area contributed by atoms with Crippen LogP contribution in [-0.4, -0.2) is 13.3 Å². The van der Waals surface area contributed by atoms with Gasteiger partial charge in [-0.3, -0.25) is 14.8 Å². The van der Waals surface area contributed by atoms with E-state index in [1.807, 2.05) is 12.1 Å². The lowest BCUT2D eigenvalue weighted by molar-refractivity contribution is -0.384. The first-order chi connectivity index (χ1) is 17.1. The zero-order valence-electron chi connectivity index (χ0n) is 19.8. The van der Waals surface area contributed by atoms with Gasteiger partial charge in [-0.2, -0.15) is 0 Å². The first kappa shape index (κ1) is 24.3. The number of sulfonamides is 1. The Morgan fingerprint density at radius 1 is 1.06 bits per heavy atom. The summed E-state index contributed by atoms with van der Waals surface area (Å²) in [5, 5.41) is 15.3. The Morgan fingerprint density at radius 3 is 2.50 bits per heavy atom. The molecule has 0 fully saturated rings. The molecular weight excluding hydrogens is 498 g/mol. The van der Waals surface area contributed by atoms with E-state index >= 15 is 0 Å². The molecule has 0 bridgehead atoms. The van der Waals surface area contributed by atoms with Gasteiger partial charge in [-0.1, -0.05) is 49.7 Å². The fraction of sp³-hybridized carbons (Fsp3) is 0.259. The maximum atomic E-state index is 13.2. The van der Waals surface area contributed by atoms with E-state index in [1.54, 1.807) is 36.4 Å². The molecular formula is C27H26ClN3O4S. The van der Waals surface area contributed by atoms with Crippen LogP contribution in [0.3, 0.4) is 0 Å². The molecule has 2 aliphatic rings. The number of nitrogens with zero attached hydrogens (tertiary/aromatic N) is 1. The van der Waals surface area contributed by atoms with Gasteiger partial charge in [0, 0.05) is 40.0 Å². The average Bonchev–Trinajstić information content (AvgIpc) is 3.34. The maximum absolute atomic E-state index is 13.2. The molecule has 7 nitrogen and oxygen atoms in total. The van der Waals surface area contributed by atoms with Crippen molar-refractivity contribution in [1.82, 2.24) is 0 Å². The Hall–Kier alpha value is -3.36. The van der Waals surface area contributed by atoms with Gasteiger partial charge in [0.15, 0.2) is 0 Å². The quantitative estimate of drug-likeness (QED) is 0.206. The highest BCUT2D eigenvalue weighted by Crippen LogP contribution is 2.51. The van der Waals surface area contributed by atoms with Crippen LogP contribution < -0.4 is 10.0 Å². The second-order valence-electron chi connectivity index (χ2n) is 9.57. The van der Waals surface area contributed by atoms with Gasteiger partial charge < -0.3 is 5.32 Å². The second-order valence-corrected chi connectivity index (χ2v) is 11.7. The predicted octanol–water partition coefficient (Wildman–Crippen LogP) is 7.00. The Kier molecular flexibility index (Phi) is 6.26. The summed E-state index contributed by atoms with van der Waals surface area (Å²) in [4.78, 5) is 11.1. The summed E-state index contributed by atoms with van der Waals surface area (Å²) in [6.45, 7) is 4.17. The summed E-state index contributed by atoms with van der Waals surface area (Å²) in [6.07, 6.45) is 4.90. The van der Waals surface area contributed by atoms with Gasteiger partial charge in [0.05, 0.1) is 15.9 Å². The third kappa shape index (κ3) is 4.47. The number of non-ortho nitro benzene ring substituents is 1. The molecule has 1 aliphatic heterocycles. The van der Waals surface area contributed by atoms with E-state index in [4.69, 9.17) is 11.6 Å². The normalized spacial score (nSPS) is 20.5. The average molecular weight is 524 g/mol. The highest BCUT2D eigenvalue weighted by molar-refractivity contribution is 7.92. The summed E-state index contributed by atoms with van der Waals surface area (Å²) in [7, 11) is -3.79. The molecule has 0 unspecified atom stereocenters. The number of nitrogens with one attached hydrogen (secondary N) is 2. The largest absolute Gasteiger partial charge is 0.378 e. The van der Waals surface area contributed by atoms with Crippen LogP contribution in [0.4, 0.5) is 17.1 Å². The third-order valence-corrected chi connectivity index (χ3v) is 8.72. The van der Waals surface area contributed by atoms with E-state index in [0.717, 1.165) is 23.2 Å². The van der Waals surface area contributed by atoms with Crippen molar-refractivity contribution < 1.29 is 13.3 Å². The molecule has 0 amide bonds. The van der Waals surface area contributed by atoms with Crippen molar-refractivity contribution in [3.8, 4) is 0 Å². The molecule has 0 spiro atoms. The Morgan fingerprint density at radius 2 is 1.81 bits per heavy atom. The Bertz CT molecular complexity index is 1470. The standard InChI is InChI=1S/C27H26ClN3O4S/c1-16(2)17-6-8-18(9-7-17)30-36(34,35)20-11-13-26-23(15-20)21-4-3-5-22(21)27(29-26)24-14-19(31(32)33)10-12-25(24)28/h3-4,6-16,21-22,27,29-30H,5H2,1-2H3/t21-,22+,27-/m0/s1. The van der Waals surface area contributed by atoms with Gasteiger partial charge >= 0.3 is 0 Å². The lowest BCUT2D eigenvalue weighted by Crippen LogP contribution is -2.29. The van der Waals surface area contributed by atoms with Gasteiger partial charge in [-0.15, -0.1) is 0 Å². The van der Waals surface area contributed by atoms with Crippen LogP contribution >= 0.6 is 11.6 Å². The molecule has 0 aromatic heterocycles. The minimum atomic E-state index is -3.79. The SMILES string of the molecule is CC(C)c1ccc(NS(=O)(=O)c2ccc3c(c2)[C@H]2C=CC[C@H]2[C@@H](c2cc([N+](=O)[O-])ccc2Cl)N3)cc1. The predicted molar refractivity (Wildman–Crippen MR) is 142 cm³/mol. The monoisotopic (exact) mass is 523 g/mol. The van der Waals surface area contributed by atoms with Gasteiger partial charge in [-0.25, -0.2) is 8.42 Å². The zero-order chi connectivity index (χ0) is 25.6. The number of allylic oxidation sites excluding steroid dienone is 2. The van der Waals surface area contributed by atoms with Crippen molar-refractivity contribution in [1.29, 1.82) is 0 Å². The van der Waals surface area contributed by atoms with Crippen LogP contribution in [0.1, 0.15) is 54.8 Å². The Labute approximate surface area is 215 Å². The number of nitro benzene ring substituents is 1. The third-order valence-electron chi connectivity index (χ3n) is 7.00. The summed E-state index contributed by atoms with van der Waals surface area (Å²) in [5.41, 5.74) is 3.96. The van der Waals surface area contributed by atoms with E-state index < -0.39 is 14.9 Å². The van der Waals surface area contributed by atoms with Crippen LogP contribution in [0.15, 0.2) is 77.7 Å². The molecule has 0 saturated heterocycles. The van der Waals surface area contributed by atoms with Crippen LogP contribution in [-0.2, 0) is 10.0 Å². The number of hydrogen-bond acceptors (Lipinski definition) is 5. The number of benzene rings is 3. The molecule has 186 valence electrons. The van der Waals surface area contributed by atoms with Crippen LogP contribution in [0, 0.1) is 16.0 Å². The maximum Gasteiger partial charge on any atom is 0.269 e. The summed E-state index contributed by atoms with van der Waals surface area (Å²) in [6, 6.07) is 16.7. The molecule has 5 rings (SSSR count). The molecule has 0 saturated carbocycles. The first-order valence-electron chi connectivity index (χ1n) is 11.8. The minimum absolute atomic E-state index is 0.0153. The van der Waals surface area contributed by atoms with Crippen LogP contribution in [0.2, 0.25) is 5.02 Å². The van der Waals surface area contributed by atoms with Crippen molar-refractivity contribution in [2.75, 3.05) is 10.0 Å². The molecule has 1 aliphatic carbocycles. The van der Waals surface area contributed by atoms with E-state index in [0.29, 0.717) is 22.2 Å². The molecule has 3 atom stereocenters. The van der Waals surface area contributed by atoms with Gasteiger partial charge in [-0.05, 0) is 65.8 Å². The topological polar surface area (TPSA) is 101 Å². The number of fused-ring (bicyclic) bond motifs is 3. The molecule has 36 heavy (non-hydrogen) atoms. The number of rotatable bonds is 6. The molecule has 2 N–H and O–H groups in total. The minimum Gasteiger partial charge on any atom is -0.378 e. The highest BCUT2D eigenvalue weighted by Gasteiger charge is 2.39. The van der Waals surface area contributed by atoms with Crippen molar-refractivity contribution in [2.24, 2.45) is 5.92 Å². The first-order valence-corrected chi connectivity index (χ1v) is 13.6. The molecule has 3 aromatic carbocycles. The molecule has 3 aromatic rings. The van der Waals surface area contributed by atoms with Gasteiger partial charge in [0.25, 0.3) is 15.7 Å². The van der Waals surface area contributed by atoms with Crippen LogP contribution in [0.25, 0.3) is 0 Å². The van der Waals surface area contributed by atoms with E-state index in [9.17, 15) is 18.5 Å². The molecule has 9 heteroatoms. The number of anilines is 2. The number of hydrogen-bond donors (Lipinski definition) is 2. The van der Waals surface area contributed by atoms with E-state index in [-0.39, 0.29) is 28.5 Å². The summed E-state index contributed by atoms with van der Waals surface area (Å²) in [5.74, 6) is 0.366. The van der Waals surface area contributed by atoms with Crippen molar-refractivity contribution in [3.05, 3.63) is 105 Å².